The zero-order valence-electron chi connectivity index (χ0n) is 12.4. The Hall–Kier alpha value is -1.73. The van der Waals surface area contributed by atoms with Crippen LogP contribution in [0, 0.1) is 5.92 Å². The van der Waals surface area contributed by atoms with Crippen LogP contribution in [0.25, 0.3) is 0 Å². The molecule has 2 rings (SSSR count). The minimum absolute atomic E-state index is 0.107. The van der Waals surface area contributed by atoms with E-state index >= 15 is 0 Å². The lowest BCUT2D eigenvalue weighted by Crippen LogP contribution is -2.25. The molecule has 0 saturated carbocycles. The fourth-order valence-corrected chi connectivity index (χ4v) is 2.93. The van der Waals surface area contributed by atoms with Crippen LogP contribution in [0.15, 0.2) is 31.4 Å². The molecule has 0 spiro atoms. The molecule has 1 aliphatic heterocycles. The largest absolute Gasteiger partial charge is 0.446 e. The molecule has 1 saturated heterocycles. The second-order valence-corrected chi connectivity index (χ2v) is 6.41. The lowest BCUT2D eigenvalue weighted by molar-refractivity contribution is -0.147. The molecular weight excluding hydrogens is 302 g/mol. The third-order valence-electron chi connectivity index (χ3n) is 3.36. The summed E-state index contributed by atoms with van der Waals surface area (Å²) in [6, 6.07) is 0.200. The lowest BCUT2D eigenvalue weighted by Gasteiger charge is -2.15. The molecule has 1 unspecified atom stereocenters. The Morgan fingerprint density at radius 2 is 2.27 bits per heavy atom. The summed E-state index contributed by atoms with van der Waals surface area (Å²) in [7, 11) is 0. The molecule has 1 N–H and O–H groups in total. The predicted octanol–water partition coefficient (Wildman–Crippen LogP) is 1.33. The first kappa shape index (κ1) is 16.6. The molecular formula is C15H19N3O3S. The summed E-state index contributed by atoms with van der Waals surface area (Å²) in [4.78, 5) is 31.2. The Balaban J connectivity index is 1.83. The Morgan fingerprint density at radius 3 is 2.91 bits per heavy atom. The van der Waals surface area contributed by atoms with E-state index < -0.39 is 5.44 Å². The van der Waals surface area contributed by atoms with Crippen molar-refractivity contribution >= 4 is 22.8 Å². The van der Waals surface area contributed by atoms with Gasteiger partial charge in [-0.1, -0.05) is 6.58 Å². The van der Waals surface area contributed by atoms with Gasteiger partial charge in [-0.15, -0.1) is 0 Å². The molecule has 0 bridgehead atoms. The summed E-state index contributed by atoms with van der Waals surface area (Å²) in [5.74, 6) is -0.498. The monoisotopic (exact) mass is 321 g/mol. The van der Waals surface area contributed by atoms with Crippen LogP contribution >= 0.6 is 11.8 Å². The highest BCUT2D eigenvalue weighted by atomic mass is 32.2. The van der Waals surface area contributed by atoms with Crippen molar-refractivity contribution in [3.05, 3.63) is 36.9 Å². The van der Waals surface area contributed by atoms with Gasteiger partial charge in [-0.05, 0) is 36.2 Å². The maximum Gasteiger partial charge on any atom is 0.311 e. The number of nitrogens with one attached hydrogen (secondary N) is 1. The van der Waals surface area contributed by atoms with Gasteiger partial charge in [0.1, 0.15) is 6.33 Å². The molecule has 0 aliphatic carbocycles. The normalized spacial score (nSPS) is 22.0. The van der Waals surface area contributed by atoms with E-state index in [9.17, 15) is 9.59 Å². The van der Waals surface area contributed by atoms with E-state index in [4.69, 9.17) is 4.74 Å². The fourth-order valence-electron chi connectivity index (χ4n) is 2.37. The van der Waals surface area contributed by atoms with Gasteiger partial charge in [0, 0.05) is 31.9 Å². The highest BCUT2D eigenvalue weighted by Crippen LogP contribution is 2.22. The van der Waals surface area contributed by atoms with Crippen LogP contribution in [0.1, 0.15) is 18.9 Å². The Kier molecular flexibility index (Phi) is 6.09. The number of aromatic nitrogens is 2. The van der Waals surface area contributed by atoms with Crippen LogP contribution in [0.4, 0.5) is 0 Å². The van der Waals surface area contributed by atoms with Crippen LogP contribution in [0.5, 0.6) is 0 Å². The van der Waals surface area contributed by atoms with Crippen molar-refractivity contribution in [2.45, 2.75) is 31.2 Å². The van der Waals surface area contributed by atoms with Gasteiger partial charge in [0.05, 0.1) is 5.92 Å². The van der Waals surface area contributed by atoms with E-state index in [-0.39, 0.29) is 23.0 Å². The topological polar surface area (TPSA) is 81.2 Å². The summed E-state index contributed by atoms with van der Waals surface area (Å²) in [5, 5.41) is 3.20. The second-order valence-electron chi connectivity index (χ2n) is 5.14. The third-order valence-corrected chi connectivity index (χ3v) is 4.21. The van der Waals surface area contributed by atoms with Gasteiger partial charge in [0.15, 0.2) is 10.6 Å². The van der Waals surface area contributed by atoms with Crippen LogP contribution in [0.3, 0.4) is 0 Å². The van der Waals surface area contributed by atoms with E-state index in [1.54, 1.807) is 12.4 Å². The number of carbonyl (C=O) groups excluding carboxylic acids is 2. The quantitative estimate of drug-likeness (QED) is 0.481. The highest BCUT2D eigenvalue weighted by molar-refractivity contribution is 8.14. The lowest BCUT2D eigenvalue weighted by atomic mass is 10.0. The van der Waals surface area contributed by atoms with E-state index in [1.807, 2.05) is 0 Å². The molecule has 0 aromatic carbocycles. The Bertz CT molecular complexity index is 538. The number of thioether (sulfide) groups is 1. The number of carbonyl (C=O) groups is 2. The maximum absolute atomic E-state index is 12.1. The SMILES string of the molecule is C=CC(OC(=O)[C@@H]1CN[C@@H](Cc2cncnc2)C1)SC(C)=O. The molecule has 1 aliphatic rings. The predicted molar refractivity (Wildman–Crippen MR) is 84.0 cm³/mol. The van der Waals surface area contributed by atoms with E-state index in [1.165, 1.54) is 19.3 Å². The van der Waals surface area contributed by atoms with E-state index in [0.717, 1.165) is 23.7 Å². The van der Waals surface area contributed by atoms with Crippen molar-refractivity contribution in [1.29, 1.82) is 0 Å². The first-order chi connectivity index (χ1) is 10.6. The summed E-state index contributed by atoms with van der Waals surface area (Å²) in [6.07, 6.45) is 7.98. The number of nitrogens with zero attached hydrogens (tertiary/aromatic N) is 2. The molecule has 2 heterocycles. The summed E-state index contributed by atoms with van der Waals surface area (Å²) < 4.78 is 5.31. The van der Waals surface area contributed by atoms with Crippen LogP contribution in [0.2, 0.25) is 0 Å². The zero-order chi connectivity index (χ0) is 15.9. The average Bonchev–Trinajstić information content (AvgIpc) is 2.95. The minimum Gasteiger partial charge on any atom is -0.446 e. The van der Waals surface area contributed by atoms with Crippen LogP contribution in [-0.4, -0.2) is 39.1 Å². The van der Waals surface area contributed by atoms with E-state index in [0.29, 0.717) is 13.0 Å². The minimum atomic E-state index is -0.619. The van der Waals surface area contributed by atoms with Crippen molar-refractivity contribution in [2.24, 2.45) is 5.92 Å². The number of hydrogen-bond acceptors (Lipinski definition) is 7. The van der Waals surface area contributed by atoms with Crippen molar-refractivity contribution in [3.63, 3.8) is 0 Å². The van der Waals surface area contributed by atoms with Gasteiger partial charge in [0.2, 0.25) is 0 Å². The summed E-state index contributed by atoms with van der Waals surface area (Å²) in [6.45, 7) is 5.59. The van der Waals surface area contributed by atoms with E-state index in [2.05, 4.69) is 21.9 Å². The molecule has 22 heavy (non-hydrogen) atoms. The van der Waals surface area contributed by atoms with Crippen LogP contribution < -0.4 is 5.32 Å². The number of esters is 1. The van der Waals surface area contributed by atoms with Crippen molar-refractivity contribution in [3.8, 4) is 0 Å². The number of rotatable bonds is 6. The Morgan fingerprint density at radius 1 is 1.55 bits per heavy atom. The summed E-state index contributed by atoms with van der Waals surface area (Å²) in [5.41, 5.74) is 0.414. The molecule has 7 heteroatoms. The third kappa shape index (κ3) is 4.92. The zero-order valence-corrected chi connectivity index (χ0v) is 13.2. The molecule has 3 atom stereocenters. The Labute approximate surface area is 133 Å². The molecule has 0 amide bonds. The molecule has 6 nitrogen and oxygen atoms in total. The maximum atomic E-state index is 12.1. The molecule has 0 radical (unpaired) electrons. The first-order valence-electron chi connectivity index (χ1n) is 7.06. The molecule has 1 aromatic heterocycles. The highest BCUT2D eigenvalue weighted by Gasteiger charge is 2.32. The van der Waals surface area contributed by atoms with Crippen molar-refractivity contribution in [2.75, 3.05) is 6.54 Å². The average molecular weight is 321 g/mol. The first-order valence-corrected chi connectivity index (χ1v) is 7.94. The van der Waals surface area contributed by atoms with Gasteiger partial charge in [-0.25, -0.2) is 9.97 Å². The van der Waals surface area contributed by atoms with Crippen molar-refractivity contribution in [1.82, 2.24) is 15.3 Å². The van der Waals surface area contributed by atoms with Crippen molar-refractivity contribution < 1.29 is 14.3 Å². The standard InChI is InChI=1S/C15H19N3O3S/c1-3-14(22-10(2)19)21-15(20)12-5-13(18-8-12)4-11-6-16-9-17-7-11/h3,6-7,9,12-14,18H,1,4-5,8H2,2H3/t12-,13-,14?/m0/s1. The van der Waals surface area contributed by atoms with Crippen LogP contribution in [-0.2, 0) is 20.7 Å². The molecule has 1 fully saturated rings. The number of ether oxygens (including phenoxy) is 1. The molecule has 118 valence electrons. The van der Waals surface area contributed by atoms with Gasteiger partial charge >= 0.3 is 5.97 Å². The number of hydrogen-bond donors (Lipinski definition) is 1. The van der Waals surface area contributed by atoms with Gasteiger partial charge in [-0.3, -0.25) is 9.59 Å². The fraction of sp³-hybridized carbons (Fsp3) is 0.467. The van der Waals surface area contributed by atoms with Gasteiger partial charge < -0.3 is 10.1 Å². The van der Waals surface area contributed by atoms with Gasteiger partial charge in [0.25, 0.3) is 0 Å². The second kappa shape index (κ2) is 8.05. The molecule has 1 aromatic rings. The smallest absolute Gasteiger partial charge is 0.311 e. The summed E-state index contributed by atoms with van der Waals surface area (Å²) >= 11 is 0.953. The van der Waals surface area contributed by atoms with Gasteiger partial charge in [-0.2, -0.15) is 0 Å².